The van der Waals surface area contributed by atoms with Crippen LogP contribution in [-0.2, 0) is 6.61 Å². The van der Waals surface area contributed by atoms with Gasteiger partial charge in [-0.15, -0.1) is 0 Å². The van der Waals surface area contributed by atoms with Gasteiger partial charge in [0.05, 0.1) is 5.02 Å². The van der Waals surface area contributed by atoms with E-state index in [1.54, 1.807) is 6.07 Å². The molecular formula is C15H13BrClNOS. The maximum Gasteiger partial charge on any atom is 0.139 e. The zero-order valence-electron chi connectivity index (χ0n) is 10.8. The summed E-state index contributed by atoms with van der Waals surface area (Å²) >= 11 is 14.4. The van der Waals surface area contributed by atoms with Gasteiger partial charge in [0, 0.05) is 10.0 Å². The van der Waals surface area contributed by atoms with Crippen LogP contribution in [0.3, 0.4) is 0 Å². The molecule has 0 atom stereocenters. The van der Waals surface area contributed by atoms with Crippen molar-refractivity contribution >= 4 is 44.7 Å². The van der Waals surface area contributed by atoms with E-state index in [-0.39, 0.29) is 0 Å². The maximum atomic E-state index is 6.09. The molecule has 0 saturated carbocycles. The molecule has 2 rings (SSSR count). The first-order valence-electron chi connectivity index (χ1n) is 5.94. The molecule has 2 nitrogen and oxygen atoms in total. The number of hydrogen-bond donors (Lipinski definition) is 1. The molecule has 0 spiro atoms. The first kappa shape index (κ1) is 15.3. The number of aryl methyl sites for hydroxylation is 1. The fraction of sp³-hybridized carbons (Fsp3) is 0.133. The van der Waals surface area contributed by atoms with Gasteiger partial charge in [0.1, 0.15) is 17.3 Å². The first-order valence-corrected chi connectivity index (χ1v) is 7.52. The molecule has 0 aliphatic carbocycles. The molecule has 0 amide bonds. The third-order valence-corrected chi connectivity index (χ3v) is 3.94. The Hall–Kier alpha value is -1.10. The largest absolute Gasteiger partial charge is 0.487 e. The van der Waals surface area contributed by atoms with Gasteiger partial charge in [-0.05, 0) is 42.3 Å². The third-order valence-electron chi connectivity index (χ3n) is 2.90. The highest BCUT2D eigenvalue weighted by Crippen LogP contribution is 2.28. The molecule has 0 saturated heterocycles. The quantitative estimate of drug-likeness (QED) is 0.797. The summed E-state index contributed by atoms with van der Waals surface area (Å²) in [5, 5.41) is 0.589. The Morgan fingerprint density at radius 1 is 1.30 bits per heavy atom. The molecule has 5 heteroatoms. The molecular weight excluding hydrogens is 358 g/mol. The zero-order chi connectivity index (χ0) is 14.7. The third kappa shape index (κ3) is 3.72. The van der Waals surface area contributed by atoms with Gasteiger partial charge >= 0.3 is 0 Å². The van der Waals surface area contributed by atoms with Crippen LogP contribution in [0.5, 0.6) is 5.75 Å². The molecule has 0 bridgehead atoms. The fourth-order valence-electron chi connectivity index (χ4n) is 1.75. The van der Waals surface area contributed by atoms with Gasteiger partial charge in [0.25, 0.3) is 0 Å². The number of benzene rings is 2. The monoisotopic (exact) mass is 369 g/mol. The van der Waals surface area contributed by atoms with Gasteiger partial charge in [0.15, 0.2) is 0 Å². The molecule has 0 aliphatic rings. The van der Waals surface area contributed by atoms with Crippen molar-refractivity contribution in [1.29, 1.82) is 0 Å². The Morgan fingerprint density at radius 2 is 2.05 bits per heavy atom. The molecule has 0 fully saturated rings. The highest BCUT2D eigenvalue weighted by Gasteiger charge is 2.06. The highest BCUT2D eigenvalue weighted by molar-refractivity contribution is 9.10. The Bertz CT molecular complexity index is 660. The van der Waals surface area contributed by atoms with Crippen molar-refractivity contribution in [2.75, 3.05) is 0 Å². The minimum absolute atomic E-state index is 0.399. The number of hydrogen-bond acceptors (Lipinski definition) is 2. The van der Waals surface area contributed by atoms with Gasteiger partial charge < -0.3 is 10.5 Å². The van der Waals surface area contributed by atoms with Crippen LogP contribution in [0.1, 0.15) is 16.7 Å². The zero-order valence-corrected chi connectivity index (χ0v) is 14.0. The lowest BCUT2D eigenvalue weighted by Crippen LogP contribution is -2.10. The summed E-state index contributed by atoms with van der Waals surface area (Å²) < 4.78 is 6.69. The van der Waals surface area contributed by atoms with Crippen molar-refractivity contribution in [3.8, 4) is 5.75 Å². The first-order chi connectivity index (χ1) is 9.47. The van der Waals surface area contributed by atoms with Gasteiger partial charge in [0.2, 0.25) is 0 Å². The second-order valence-electron chi connectivity index (χ2n) is 4.37. The summed E-state index contributed by atoms with van der Waals surface area (Å²) in [4.78, 5) is 0.399. The normalized spacial score (nSPS) is 10.3. The van der Waals surface area contributed by atoms with Crippen LogP contribution in [0.25, 0.3) is 0 Å². The lowest BCUT2D eigenvalue weighted by Gasteiger charge is -2.11. The summed E-state index contributed by atoms with van der Waals surface area (Å²) in [6.07, 6.45) is 0. The Morgan fingerprint density at radius 3 is 2.70 bits per heavy atom. The van der Waals surface area contributed by atoms with Crippen LogP contribution in [0.15, 0.2) is 40.9 Å². The average Bonchev–Trinajstić information content (AvgIpc) is 2.40. The van der Waals surface area contributed by atoms with Gasteiger partial charge in [-0.25, -0.2) is 0 Å². The lowest BCUT2D eigenvalue weighted by molar-refractivity contribution is 0.305. The number of thiocarbonyl (C=S) groups is 1. The molecule has 20 heavy (non-hydrogen) atoms. The van der Waals surface area contributed by atoms with Crippen LogP contribution >= 0.6 is 39.7 Å². The summed E-state index contributed by atoms with van der Waals surface area (Å²) in [7, 11) is 0. The summed E-state index contributed by atoms with van der Waals surface area (Å²) in [5.74, 6) is 0.652. The number of halogens is 2. The molecule has 2 aromatic carbocycles. The Kier molecular flexibility index (Phi) is 5.02. The van der Waals surface area contributed by atoms with E-state index in [1.165, 1.54) is 0 Å². The molecule has 104 valence electrons. The fourth-order valence-corrected chi connectivity index (χ4v) is 2.39. The van der Waals surface area contributed by atoms with Crippen molar-refractivity contribution in [1.82, 2.24) is 0 Å². The standard InChI is InChI=1S/C15H13BrClNOS/c1-9-6-10(15(18)20)2-3-11(9)8-19-14-7-12(16)4-5-13(14)17/h2-7H,8H2,1H3,(H2,18,20). The predicted octanol–water partition coefficient (Wildman–Crippen LogP) is 4.62. The summed E-state index contributed by atoms with van der Waals surface area (Å²) in [6.45, 7) is 2.45. The van der Waals surface area contributed by atoms with Crippen molar-refractivity contribution in [2.45, 2.75) is 13.5 Å². The Labute approximate surface area is 137 Å². The van der Waals surface area contributed by atoms with Crippen LogP contribution < -0.4 is 10.5 Å². The van der Waals surface area contributed by atoms with E-state index in [2.05, 4.69) is 15.9 Å². The molecule has 0 aliphatic heterocycles. The summed E-state index contributed by atoms with van der Waals surface area (Å²) in [5.41, 5.74) is 8.63. The van der Waals surface area contributed by atoms with Crippen molar-refractivity contribution in [3.63, 3.8) is 0 Å². The predicted molar refractivity (Wildman–Crippen MR) is 90.6 cm³/mol. The van der Waals surface area contributed by atoms with Crippen LogP contribution in [0.2, 0.25) is 5.02 Å². The van der Waals surface area contributed by atoms with E-state index in [4.69, 9.17) is 34.3 Å². The average molecular weight is 371 g/mol. The van der Waals surface area contributed by atoms with Crippen molar-refractivity contribution < 1.29 is 4.74 Å². The molecule has 0 aromatic heterocycles. The van der Waals surface area contributed by atoms with Crippen molar-refractivity contribution in [2.24, 2.45) is 5.73 Å². The van der Waals surface area contributed by atoms with E-state index in [0.29, 0.717) is 22.4 Å². The highest BCUT2D eigenvalue weighted by atomic mass is 79.9. The number of nitrogens with two attached hydrogens (primary N) is 1. The van der Waals surface area contributed by atoms with E-state index in [0.717, 1.165) is 21.2 Å². The molecule has 2 N–H and O–H groups in total. The SMILES string of the molecule is Cc1cc(C(N)=S)ccc1COc1cc(Br)ccc1Cl. The van der Waals surface area contributed by atoms with Crippen molar-refractivity contribution in [3.05, 3.63) is 62.6 Å². The molecule has 0 radical (unpaired) electrons. The Balaban J connectivity index is 2.15. The molecule has 0 unspecified atom stereocenters. The van der Waals surface area contributed by atoms with E-state index in [1.807, 2.05) is 37.3 Å². The molecule has 0 heterocycles. The smallest absolute Gasteiger partial charge is 0.139 e. The number of rotatable bonds is 4. The van der Waals surface area contributed by atoms with E-state index < -0.39 is 0 Å². The maximum absolute atomic E-state index is 6.09. The molecule has 2 aromatic rings. The van der Waals surface area contributed by atoms with Crippen LogP contribution in [0.4, 0.5) is 0 Å². The van der Waals surface area contributed by atoms with Gasteiger partial charge in [-0.3, -0.25) is 0 Å². The lowest BCUT2D eigenvalue weighted by atomic mass is 10.1. The second kappa shape index (κ2) is 6.57. The second-order valence-corrected chi connectivity index (χ2v) is 6.13. The van der Waals surface area contributed by atoms with E-state index >= 15 is 0 Å². The minimum Gasteiger partial charge on any atom is -0.487 e. The topological polar surface area (TPSA) is 35.2 Å². The minimum atomic E-state index is 0.399. The number of ether oxygens (including phenoxy) is 1. The van der Waals surface area contributed by atoms with E-state index in [9.17, 15) is 0 Å². The van der Waals surface area contributed by atoms with Gasteiger partial charge in [-0.2, -0.15) is 0 Å². The summed E-state index contributed by atoms with van der Waals surface area (Å²) in [6, 6.07) is 11.3. The van der Waals surface area contributed by atoms with Gasteiger partial charge in [-0.1, -0.05) is 51.9 Å². The van der Waals surface area contributed by atoms with Crippen LogP contribution in [0, 0.1) is 6.92 Å². The van der Waals surface area contributed by atoms with Crippen LogP contribution in [-0.4, -0.2) is 4.99 Å².